The molecule has 0 spiro atoms. The van der Waals surface area contributed by atoms with E-state index in [1.165, 1.54) is 11.1 Å². The van der Waals surface area contributed by atoms with Crippen molar-refractivity contribution in [1.29, 1.82) is 0 Å². The van der Waals surface area contributed by atoms with Gasteiger partial charge in [-0.1, -0.05) is 42.5 Å². The summed E-state index contributed by atoms with van der Waals surface area (Å²) in [5.41, 5.74) is 8.19. The molecule has 0 aliphatic rings. The summed E-state index contributed by atoms with van der Waals surface area (Å²) in [5, 5.41) is 8.63. The molecular formula is C18H21NO3. The molecule has 0 heterocycles. The number of rotatable bonds is 8. The molecule has 1 atom stereocenters. The molecule has 2 aromatic rings. The van der Waals surface area contributed by atoms with E-state index in [1.807, 2.05) is 42.5 Å². The lowest BCUT2D eigenvalue weighted by Gasteiger charge is -2.11. The molecule has 0 unspecified atom stereocenters. The zero-order valence-electron chi connectivity index (χ0n) is 12.4. The fraction of sp³-hybridized carbons (Fsp3) is 0.278. The van der Waals surface area contributed by atoms with Crippen molar-refractivity contribution in [3.63, 3.8) is 0 Å². The van der Waals surface area contributed by atoms with Gasteiger partial charge in [-0.3, -0.25) is 4.79 Å². The molecule has 0 bridgehead atoms. The van der Waals surface area contributed by atoms with E-state index < -0.39 is 5.97 Å². The van der Waals surface area contributed by atoms with Crippen molar-refractivity contribution in [3.05, 3.63) is 65.7 Å². The summed E-state index contributed by atoms with van der Waals surface area (Å²) < 4.78 is 5.59. The van der Waals surface area contributed by atoms with Crippen LogP contribution in [0.15, 0.2) is 54.6 Å². The molecule has 2 aromatic carbocycles. The largest absolute Gasteiger partial charge is 0.494 e. The maximum Gasteiger partial charge on any atom is 0.304 e. The van der Waals surface area contributed by atoms with Gasteiger partial charge in [0.2, 0.25) is 0 Å². The number of carboxylic acid groups (broad SMARTS) is 1. The van der Waals surface area contributed by atoms with Crippen LogP contribution in [0.3, 0.4) is 0 Å². The number of ether oxygens (including phenoxy) is 1. The average Bonchev–Trinajstić information content (AvgIpc) is 2.49. The van der Waals surface area contributed by atoms with E-state index >= 15 is 0 Å². The molecule has 22 heavy (non-hydrogen) atoms. The predicted molar refractivity (Wildman–Crippen MR) is 86.0 cm³/mol. The highest BCUT2D eigenvalue weighted by Gasteiger charge is 2.07. The number of benzene rings is 2. The lowest BCUT2D eigenvalue weighted by atomic mass is 10.1. The van der Waals surface area contributed by atoms with Crippen LogP contribution >= 0.6 is 0 Å². The summed E-state index contributed by atoms with van der Waals surface area (Å²) >= 11 is 0. The van der Waals surface area contributed by atoms with E-state index in [2.05, 4.69) is 12.1 Å². The minimum atomic E-state index is -0.877. The Morgan fingerprint density at radius 1 is 1.05 bits per heavy atom. The van der Waals surface area contributed by atoms with E-state index in [-0.39, 0.29) is 12.5 Å². The van der Waals surface area contributed by atoms with Crippen LogP contribution in [0.5, 0.6) is 5.75 Å². The van der Waals surface area contributed by atoms with Gasteiger partial charge in [0, 0.05) is 6.04 Å². The molecule has 0 saturated carbocycles. The number of hydrogen-bond donors (Lipinski definition) is 2. The van der Waals surface area contributed by atoms with Gasteiger partial charge in [-0.15, -0.1) is 0 Å². The Bertz CT molecular complexity index is 581. The fourth-order valence-electron chi connectivity index (χ4n) is 2.19. The standard InChI is InChI=1S/C18H21NO3/c19-16(13-18(20)21)10-11-22-17-8-6-15(7-9-17)12-14-4-2-1-3-5-14/h1-9,16H,10-13,19H2,(H,20,21)/t16-/m0/s1. The molecule has 0 saturated heterocycles. The van der Waals surface area contributed by atoms with Gasteiger partial charge in [0.1, 0.15) is 5.75 Å². The first-order valence-electron chi connectivity index (χ1n) is 7.36. The number of carboxylic acids is 1. The summed E-state index contributed by atoms with van der Waals surface area (Å²) in [7, 11) is 0. The third-order valence-corrected chi connectivity index (χ3v) is 3.37. The summed E-state index contributed by atoms with van der Waals surface area (Å²) in [6, 6.07) is 17.9. The summed E-state index contributed by atoms with van der Waals surface area (Å²) in [6.07, 6.45) is 1.39. The Labute approximate surface area is 130 Å². The van der Waals surface area contributed by atoms with Gasteiger partial charge >= 0.3 is 5.97 Å². The molecule has 0 aromatic heterocycles. The van der Waals surface area contributed by atoms with Crippen molar-refractivity contribution in [1.82, 2.24) is 0 Å². The van der Waals surface area contributed by atoms with Crippen LogP contribution in [0.4, 0.5) is 0 Å². The van der Waals surface area contributed by atoms with Crippen LogP contribution in [0.1, 0.15) is 24.0 Å². The second-order valence-corrected chi connectivity index (χ2v) is 5.30. The fourth-order valence-corrected chi connectivity index (χ4v) is 2.19. The van der Waals surface area contributed by atoms with Gasteiger partial charge < -0.3 is 15.6 Å². The van der Waals surface area contributed by atoms with Crippen LogP contribution < -0.4 is 10.5 Å². The lowest BCUT2D eigenvalue weighted by Crippen LogP contribution is -2.25. The molecule has 4 nitrogen and oxygen atoms in total. The van der Waals surface area contributed by atoms with E-state index in [0.717, 1.165) is 12.2 Å². The Hall–Kier alpha value is -2.33. The summed E-state index contributed by atoms with van der Waals surface area (Å²) in [5.74, 6) is -0.0999. The van der Waals surface area contributed by atoms with Crippen LogP contribution in [0, 0.1) is 0 Å². The third-order valence-electron chi connectivity index (χ3n) is 3.37. The van der Waals surface area contributed by atoms with Crippen LogP contribution in [0.25, 0.3) is 0 Å². The van der Waals surface area contributed by atoms with Gasteiger partial charge in [-0.25, -0.2) is 0 Å². The SMILES string of the molecule is N[C@@H](CCOc1ccc(Cc2ccccc2)cc1)CC(=O)O. The topological polar surface area (TPSA) is 72.5 Å². The highest BCUT2D eigenvalue weighted by atomic mass is 16.5. The first kappa shape index (κ1) is 16.0. The van der Waals surface area contributed by atoms with E-state index in [1.54, 1.807) is 0 Å². The van der Waals surface area contributed by atoms with Crippen molar-refractivity contribution >= 4 is 5.97 Å². The van der Waals surface area contributed by atoms with Crippen molar-refractivity contribution < 1.29 is 14.6 Å². The molecule has 0 aliphatic carbocycles. The van der Waals surface area contributed by atoms with Crippen LogP contribution in [0.2, 0.25) is 0 Å². The average molecular weight is 299 g/mol. The predicted octanol–water partition coefficient (Wildman–Crippen LogP) is 2.85. The Kier molecular flexibility index (Phi) is 5.98. The van der Waals surface area contributed by atoms with Gasteiger partial charge in [-0.05, 0) is 36.1 Å². The second-order valence-electron chi connectivity index (χ2n) is 5.30. The maximum atomic E-state index is 10.5. The van der Waals surface area contributed by atoms with Crippen molar-refractivity contribution in [3.8, 4) is 5.75 Å². The van der Waals surface area contributed by atoms with Gasteiger partial charge in [-0.2, -0.15) is 0 Å². The third kappa shape index (κ3) is 5.58. The monoisotopic (exact) mass is 299 g/mol. The Morgan fingerprint density at radius 3 is 2.32 bits per heavy atom. The van der Waals surface area contributed by atoms with E-state index in [4.69, 9.17) is 15.6 Å². The molecular weight excluding hydrogens is 278 g/mol. The molecule has 116 valence electrons. The highest BCUT2D eigenvalue weighted by Crippen LogP contribution is 2.15. The quantitative estimate of drug-likeness (QED) is 0.786. The molecule has 0 amide bonds. The highest BCUT2D eigenvalue weighted by molar-refractivity contribution is 5.67. The van der Waals surface area contributed by atoms with E-state index in [9.17, 15) is 4.79 Å². The molecule has 4 heteroatoms. The second kappa shape index (κ2) is 8.20. The smallest absolute Gasteiger partial charge is 0.304 e. The van der Waals surface area contributed by atoms with Crippen molar-refractivity contribution in [2.75, 3.05) is 6.61 Å². The minimum Gasteiger partial charge on any atom is -0.494 e. The van der Waals surface area contributed by atoms with Gasteiger partial charge in [0.05, 0.1) is 13.0 Å². The minimum absolute atomic E-state index is 0.0284. The Morgan fingerprint density at radius 2 is 1.68 bits per heavy atom. The summed E-state index contributed by atoms with van der Waals surface area (Å²) in [4.78, 5) is 10.5. The molecule has 0 fully saturated rings. The number of carbonyl (C=O) groups is 1. The normalized spacial score (nSPS) is 11.9. The molecule has 3 N–H and O–H groups in total. The maximum absolute atomic E-state index is 10.5. The first-order valence-corrected chi connectivity index (χ1v) is 7.36. The first-order chi connectivity index (χ1) is 10.6. The number of aliphatic carboxylic acids is 1. The summed E-state index contributed by atoms with van der Waals surface area (Å²) in [6.45, 7) is 0.423. The Balaban J connectivity index is 1.78. The van der Waals surface area contributed by atoms with E-state index in [0.29, 0.717) is 13.0 Å². The zero-order valence-corrected chi connectivity index (χ0v) is 12.4. The molecule has 2 rings (SSSR count). The number of nitrogens with two attached hydrogens (primary N) is 1. The van der Waals surface area contributed by atoms with Crippen LogP contribution in [-0.4, -0.2) is 23.7 Å². The molecule has 0 aliphatic heterocycles. The zero-order chi connectivity index (χ0) is 15.8. The number of hydrogen-bond acceptors (Lipinski definition) is 3. The van der Waals surface area contributed by atoms with Gasteiger partial charge in [0.25, 0.3) is 0 Å². The van der Waals surface area contributed by atoms with Gasteiger partial charge in [0.15, 0.2) is 0 Å². The lowest BCUT2D eigenvalue weighted by molar-refractivity contribution is -0.137. The van der Waals surface area contributed by atoms with Crippen molar-refractivity contribution in [2.45, 2.75) is 25.3 Å². The molecule has 0 radical (unpaired) electrons. The van der Waals surface area contributed by atoms with Crippen LogP contribution in [-0.2, 0) is 11.2 Å². The van der Waals surface area contributed by atoms with Crippen molar-refractivity contribution in [2.24, 2.45) is 5.73 Å².